The van der Waals surface area contributed by atoms with Gasteiger partial charge in [-0.25, -0.2) is 0 Å². The van der Waals surface area contributed by atoms with Crippen LogP contribution < -0.4 is 0 Å². The lowest BCUT2D eigenvalue weighted by Crippen LogP contribution is -1.58. The molecule has 0 saturated heterocycles. The van der Waals surface area contributed by atoms with Gasteiger partial charge in [0.15, 0.2) is 0 Å². The van der Waals surface area contributed by atoms with Crippen molar-refractivity contribution in [3.63, 3.8) is 0 Å². The third kappa shape index (κ3) is 6.95. The van der Waals surface area contributed by atoms with Gasteiger partial charge in [0.2, 0.25) is 0 Å². The Labute approximate surface area is 66.6 Å². The van der Waals surface area contributed by atoms with E-state index in [1.165, 1.54) is 15.3 Å². The van der Waals surface area contributed by atoms with Gasteiger partial charge in [-0.3, -0.25) is 0 Å². The van der Waals surface area contributed by atoms with Crippen LogP contribution in [0.25, 0.3) is 0 Å². The normalized spacial score (nSPS) is 12.1. The Morgan fingerprint density at radius 3 is 2.57 bits per heavy atom. The zero-order valence-electron chi connectivity index (χ0n) is 4.25. The van der Waals surface area contributed by atoms with Gasteiger partial charge in [0.25, 0.3) is 0 Å². The molecular formula is C5H8BrI. The first-order chi connectivity index (χ1) is 3.27. The maximum Gasteiger partial charge on any atom is 0.0519 e. The molecule has 0 aliphatic heterocycles. The van der Waals surface area contributed by atoms with Gasteiger partial charge < -0.3 is 0 Å². The molecule has 0 spiro atoms. The zero-order chi connectivity index (χ0) is 5.70. The topological polar surface area (TPSA) is 0 Å². The summed E-state index contributed by atoms with van der Waals surface area (Å²) in [6, 6.07) is 0. The molecule has 0 aromatic heterocycles. The van der Waals surface area contributed by atoms with Gasteiger partial charge in [-0.15, -0.1) is 0 Å². The predicted octanol–water partition coefficient (Wildman–Crippen LogP) is 3.46. The van der Waals surface area contributed by atoms with Crippen molar-refractivity contribution in [2.75, 3.05) is 0 Å². The standard InChI is InChI=1S/C5H8BrI/c1-2-3-4-5(6)7/h4H,2-3H2,1H3. The summed E-state index contributed by atoms with van der Waals surface area (Å²) in [5.74, 6) is 0. The quantitative estimate of drug-likeness (QED) is 0.677. The van der Waals surface area contributed by atoms with Crippen molar-refractivity contribution >= 4 is 38.5 Å². The molecule has 0 aromatic carbocycles. The first kappa shape index (κ1) is 7.95. The van der Waals surface area contributed by atoms with Gasteiger partial charge in [-0.2, -0.15) is 0 Å². The Kier molecular flexibility index (Phi) is 5.79. The Balaban J connectivity index is 3.08. The van der Waals surface area contributed by atoms with Crippen molar-refractivity contribution in [1.29, 1.82) is 0 Å². The Hall–Kier alpha value is 0.950. The van der Waals surface area contributed by atoms with Crippen LogP contribution in [-0.2, 0) is 0 Å². The van der Waals surface area contributed by atoms with Crippen molar-refractivity contribution in [3.05, 3.63) is 8.57 Å². The van der Waals surface area contributed by atoms with Crippen LogP contribution in [0.5, 0.6) is 0 Å². The van der Waals surface area contributed by atoms with Crippen LogP contribution in [0.4, 0.5) is 0 Å². The number of rotatable bonds is 2. The number of unbranched alkanes of at least 4 members (excludes halogenated alkanes) is 1. The highest BCUT2D eigenvalue weighted by Crippen LogP contribution is 2.14. The molecule has 0 bridgehead atoms. The summed E-state index contributed by atoms with van der Waals surface area (Å²) < 4.78 is 1.21. The lowest BCUT2D eigenvalue weighted by atomic mass is 10.3. The minimum atomic E-state index is 1.18. The van der Waals surface area contributed by atoms with E-state index in [2.05, 4.69) is 51.5 Å². The average Bonchev–Trinajstić information content (AvgIpc) is 1.61. The highest BCUT2D eigenvalue weighted by Gasteiger charge is 1.77. The molecule has 0 aliphatic carbocycles. The van der Waals surface area contributed by atoms with Crippen LogP contribution in [0.1, 0.15) is 19.8 Å². The first-order valence-corrected chi connectivity index (χ1v) is 4.15. The summed E-state index contributed by atoms with van der Waals surface area (Å²) in [7, 11) is 0. The Morgan fingerprint density at radius 2 is 2.43 bits per heavy atom. The lowest BCUT2D eigenvalue weighted by molar-refractivity contribution is 0.960. The molecule has 2 heteroatoms. The lowest BCUT2D eigenvalue weighted by Gasteiger charge is -1.81. The summed E-state index contributed by atoms with van der Waals surface area (Å²) in [4.78, 5) is 0. The van der Waals surface area contributed by atoms with Gasteiger partial charge in [-0.1, -0.05) is 19.4 Å². The molecule has 7 heavy (non-hydrogen) atoms. The van der Waals surface area contributed by atoms with E-state index in [1.807, 2.05) is 0 Å². The number of allylic oxidation sites excluding steroid dienone is 1. The fraction of sp³-hybridized carbons (Fsp3) is 0.600. The molecule has 0 atom stereocenters. The molecule has 0 radical (unpaired) electrons. The average molecular weight is 275 g/mol. The maximum atomic E-state index is 3.32. The molecule has 0 heterocycles. The third-order valence-electron chi connectivity index (χ3n) is 0.587. The maximum absolute atomic E-state index is 3.32. The van der Waals surface area contributed by atoms with E-state index in [-0.39, 0.29) is 0 Å². The molecule has 42 valence electrons. The third-order valence-corrected chi connectivity index (χ3v) is 1.35. The van der Waals surface area contributed by atoms with Gasteiger partial charge >= 0.3 is 0 Å². The van der Waals surface area contributed by atoms with Gasteiger partial charge in [-0.05, 0) is 44.9 Å². The summed E-state index contributed by atoms with van der Waals surface area (Å²) in [5.41, 5.74) is 0. The minimum Gasteiger partial charge on any atom is -0.0651 e. The number of hydrogen-bond donors (Lipinski definition) is 0. The van der Waals surface area contributed by atoms with E-state index in [9.17, 15) is 0 Å². The molecule has 0 fully saturated rings. The Morgan fingerprint density at radius 1 is 1.86 bits per heavy atom. The summed E-state index contributed by atoms with van der Waals surface area (Å²) in [6.07, 6.45) is 4.59. The molecule has 0 rings (SSSR count). The van der Waals surface area contributed by atoms with E-state index in [4.69, 9.17) is 0 Å². The molecule has 0 aliphatic rings. The van der Waals surface area contributed by atoms with Crippen LogP contribution in [0.15, 0.2) is 8.57 Å². The molecule has 0 aromatic rings. The molecule has 0 nitrogen and oxygen atoms in total. The summed E-state index contributed by atoms with van der Waals surface area (Å²) in [5, 5.41) is 0. The Bertz CT molecular complexity index is 64.5. The van der Waals surface area contributed by atoms with Gasteiger partial charge in [0.1, 0.15) is 0 Å². The minimum absolute atomic E-state index is 1.18. The van der Waals surface area contributed by atoms with E-state index in [0.29, 0.717) is 0 Å². The number of hydrogen-bond acceptors (Lipinski definition) is 0. The SMILES string of the molecule is CCCC=C(Br)I. The molecule has 0 N–H and O–H groups in total. The second kappa shape index (κ2) is 5.09. The van der Waals surface area contributed by atoms with Crippen LogP contribution >= 0.6 is 38.5 Å². The molecule has 0 saturated carbocycles. The van der Waals surface area contributed by atoms with Crippen LogP contribution in [-0.4, -0.2) is 0 Å². The van der Waals surface area contributed by atoms with Crippen molar-refractivity contribution in [2.45, 2.75) is 19.8 Å². The largest absolute Gasteiger partial charge is 0.0651 e. The first-order valence-electron chi connectivity index (χ1n) is 2.28. The second-order valence-electron chi connectivity index (χ2n) is 1.28. The van der Waals surface area contributed by atoms with Crippen LogP contribution in [0.2, 0.25) is 0 Å². The van der Waals surface area contributed by atoms with Crippen molar-refractivity contribution < 1.29 is 0 Å². The predicted molar refractivity (Wildman–Crippen MR) is 45.9 cm³/mol. The molecular weight excluding hydrogens is 267 g/mol. The monoisotopic (exact) mass is 274 g/mol. The fourth-order valence-electron chi connectivity index (χ4n) is 0.253. The smallest absolute Gasteiger partial charge is 0.0519 e. The van der Waals surface area contributed by atoms with Crippen molar-refractivity contribution in [3.8, 4) is 0 Å². The highest BCUT2D eigenvalue weighted by molar-refractivity contribution is 14.1. The number of halogens is 2. The fourth-order valence-corrected chi connectivity index (χ4v) is 0.794. The summed E-state index contributed by atoms with van der Waals surface area (Å²) >= 11 is 5.57. The second-order valence-corrected chi connectivity index (χ2v) is 4.78. The van der Waals surface area contributed by atoms with Crippen LogP contribution in [0.3, 0.4) is 0 Å². The molecule has 0 unspecified atom stereocenters. The van der Waals surface area contributed by atoms with E-state index in [0.717, 1.165) is 0 Å². The van der Waals surface area contributed by atoms with Crippen LogP contribution in [0, 0.1) is 0 Å². The van der Waals surface area contributed by atoms with Crippen molar-refractivity contribution in [1.82, 2.24) is 0 Å². The van der Waals surface area contributed by atoms with E-state index in [1.54, 1.807) is 0 Å². The van der Waals surface area contributed by atoms with E-state index >= 15 is 0 Å². The molecule has 0 amide bonds. The van der Waals surface area contributed by atoms with Gasteiger partial charge in [0, 0.05) is 0 Å². The van der Waals surface area contributed by atoms with E-state index < -0.39 is 0 Å². The zero-order valence-corrected chi connectivity index (χ0v) is 7.99. The van der Waals surface area contributed by atoms with Crippen molar-refractivity contribution in [2.24, 2.45) is 0 Å². The van der Waals surface area contributed by atoms with Gasteiger partial charge in [0.05, 0.1) is 2.49 Å². The highest BCUT2D eigenvalue weighted by atomic mass is 127. The summed E-state index contributed by atoms with van der Waals surface area (Å²) in [6.45, 7) is 2.17.